The Bertz CT molecular complexity index is 913. The van der Waals surface area contributed by atoms with Crippen molar-refractivity contribution < 1.29 is 23.5 Å². The zero-order valence-electron chi connectivity index (χ0n) is 13.5. The Morgan fingerprint density at radius 3 is 2.88 bits per heavy atom. The van der Waals surface area contributed by atoms with E-state index >= 15 is 0 Å². The van der Waals surface area contributed by atoms with E-state index in [4.69, 9.17) is 18.7 Å². The molecule has 132 valence electrons. The molecule has 1 amide bonds. The third-order valence-electron chi connectivity index (χ3n) is 3.58. The normalized spacial score (nSPS) is 12.0. The predicted octanol–water partition coefficient (Wildman–Crippen LogP) is 1.70. The first-order valence-corrected chi connectivity index (χ1v) is 7.80. The number of ether oxygens (including phenoxy) is 3. The van der Waals surface area contributed by atoms with E-state index in [2.05, 4.69) is 20.4 Å². The SMILES string of the molecule is O=C(NCc1ccncc1)c1nc(COc2ccc3c(c2)OCO3)no1. The number of amides is 1. The lowest BCUT2D eigenvalue weighted by Gasteiger charge is -2.04. The molecular formula is C17H14N4O5. The zero-order chi connectivity index (χ0) is 17.8. The number of hydrogen-bond donors (Lipinski definition) is 1. The van der Waals surface area contributed by atoms with Crippen molar-refractivity contribution in [1.82, 2.24) is 20.4 Å². The molecule has 3 heterocycles. The van der Waals surface area contributed by atoms with E-state index in [0.29, 0.717) is 23.8 Å². The van der Waals surface area contributed by atoms with Crippen molar-refractivity contribution in [1.29, 1.82) is 0 Å². The lowest BCUT2D eigenvalue weighted by molar-refractivity contribution is 0.0907. The first kappa shape index (κ1) is 15.9. The van der Waals surface area contributed by atoms with Crippen molar-refractivity contribution in [2.75, 3.05) is 6.79 Å². The van der Waals surface area contributed by atoms with Gasteiger partial charge in [-0.25, -0.2) is 0 Å². The van der Waals surface area contributed by atoms with Gasteiger partial charge in [0.05, 0.1) is 0 Å². The van der Waals surface area contributed by atoms with Crippen molar-refractivity contribution in [2.45, 2.75) is 13.2 Å². The van der Waals surface area contributed by atoms with Crippen LogP contribution in [0.4, 0.5) is 0 Å². The molecule has 0 saturated carbocycles. The van der Waals surface area contributed by atoms with Gasteiger partial charge in [0.2, 0.25) is 12.6 Å². The summed E-state index contributed by atoms with van der Waals surface area (Å²) in [6.45, 7) is 0.592. The fraction of sp³-hybridized carbons (Fsp3) is 0.176. The Morgan fingerprint density at radius 1 is 1.15 bits per heavy atom. The second-order valence-electron chi connectivity index (χ2n) is 5.36. The van der Waals surface area contributed by atoms with Crippen molar-refractivity contribution in [2.24, 2.45) is 0 Å². The van der Waals surface area contributed by atoms with E-state index in [-0.39, 0.29) is 25.1 Å². The van der Waals surface area contributed by atoms with Crippen LogP contribution < -0.4 is 19.5 Å². The van der Waals surface area contributed by atoms with E-state index in [1.165, 1.54) is 0 Å². The fourth-order valence-electron chi connectivity index (χ4n) is 2.28. The van der Waals surface area contributed by atoms with Gasteiger partial charge in [-0.15, -0.1) is 0 Å². The fourth-order valence-corrected chi connectivity index (χ4v) is 2.28. The molecule has 1 aliphatic rings. The van der Waals surface area contributed by atoms with Crippen LogP contribution in [0.5, 0.6) is 17.2 Å². The van der Waals surface area contributed by atoms with Crippen LogP contribution in [0.15, 0.2) is 47.2 Å². The standard InChI is InChI=1S/C17H14N4O5/c22-16(19-8-11-3-5-18-6-4-11)17-20-15(21-26-17)9-23-12-1-2-13-14(7-12)25-10-24-13/h1-7H,8-10H2,(H,19,22). The van der Waals surface area contributed by atoms with Crippen molar-refractivity contribution >= 4 is 5.91 Å². The molecule has 0 unspecified atom stereocenters. The minimum atomic E-state index is -0.455. The number of aromatic nitrogens is 3. The number of carbonyl (C=O) groups excluding carboxylic acids is 1. The van der Waals surface area contributed by atoms with E-state index in [0.717, 1.165) is 5.56 Å². The van der Waals surface area contributed by atoms with Gasteiger partial charge >= 0.3 is 11.8 Å². The first-order chi connectivity index (χ1) is 12.8. The molecule has 0 spiro atoms. The summed E-state index contributed by atoms with van der Waals surface area (Å²) in [6, 6.07) is 8.82. The summed E-state index contributed by atoms with van der Waals surface area (Å²) in [6.07, 6.45) is 3.31. The van der Waals surface area contributed by atoms with E-state index in [1.54, 1.807) is 42.7 Å². The van der Waals surface area contributed by atoms with Crippen LogP contribution in [0.3, 0.4) is 0 Å². The number of fused-ring (bicyclic) bond motifs is 1. The molecule has 0 fully saturated rings. The molecule has 1 aliphatic heterocycles. The summed E-state index contributed by atoms with van der Waals surface area (Å²) in [5.41, 5.74) is 0.916. The van der Waals surface area contributed by atoms with Gasteiger partial charge in [0.25, 0.3) is 0 Å². The molecule has 2 aromatic heterocycles. The zero-order valence-corrected chi connectivity index (χ0v) is 13.5. The smallest absolute Gasteiger partial charge is 0.316 e. The van der Waals surface area contributed by atoms with E-state index in [1.807, 2.05) is 0 Å². The largest absolute Gasteiger partial charge is 0.485 e. The first-order valence-electron chi connectivity index (χ1n) is 7.80. The molecule has 9 heteroatoms. The molecule has 1 aromatic carbocycles. The highest BCUT2D eigenvalue weighted by molar-refractivity contribution is 5.89. The van der Waals surface area contributed by atoms with Crippen molar-refractivity contribution in [3.05, 3.63) is 60.0 Å². The minimum Gasteiger partial charge on any atom is -0.485 e. The van der Waals surface area contributed by atoms with Crippen LogP contribution in [0, 0.1) is 0 Å². The molecule has 0 atom stereocenters. The van der Waals surface area contributed by atoms with Gasteiger partial charge in [-0.05, 0) is 29.8 Å². The highest BCUT2D eigenvalue weighted by atomic mass is 16.7. The summed E-state index contributed by atoms with van der Waals surface area (Å²) in [7, 11) is 0. The van der Waals surface area contributed by atoms with E-state index in [9.17, 15) is 4.79 Å². The Kier molecular flexibility index (Phi) is 4.33. The lowest BCUT2D eigenvalue weighted by Crippen LogP contribution is -2.23. The number of nitrogens with one attached hydrogen (secondary N) is 1. The van der Waals surface area contributed by atoms with Crippen LogP contribution in [0.25, 0.3) is 0 Å². The summed E-state index contributed by atoms with van der Waals surface area (Å²) in [5, 5.41) is 6.44. The molecule has 0 bridgehead atoms. The molecule has 0 aliphatic carbocycles. The monoisotopic (exact) mass is 354 g/mol. The van der Waals surface area contributed by atoms with E-state index < -0.39 is 5.91 Å². The summed E-state index contributed by atoms with van der Waals surface area (Å²) >= 11 is 0. The van der Waals surface area contributed by atoms with Gasteiger partial charge in [0, 0.05) is 25.0 Å². The van der Waals surface area contributed by atoms with Crippen LogP contribution >= 0.6 is 0 Å². The maximum absolute atomic E-state index is 12.0. The van der Waals surface area contributed by atoms with Gasteiger partial charge in [-0.1, -0.05) is 5.16 Å². The number of nitrogens with zero attached hydrogens (tertiary/aromatic N) is 3. The van der Waals surface area contributed by atoms with Crippen LogP contribution in [-0.2, 0) is 13.2 Å². The number of pyridine rings is 1. The molecule has 0 radical (unpaired) electrons. The average molecular weight is 354 g/mol. The third-order valence-corrected chi connectivity index (χ3v) is 3.58. The highest BCUT2D eigenvalue weighted by Gasteiger charge is 2.16. The van der Waals surface area contributed by atoms with Crippen LogP contribution in [-0.4, -0.2) is 27.8 Å². The molecule has 4 rings (SSSR count). The van der Waals surface area contributed by atoms with Gasteiger partial charge in [0.15, 0.2) is 18.1 Å². The quantitative estimate of drug-likeness (QED) is 0.712. The molecule has 26 heavy (non-hydrogen) atoms. The Balaban J connectivity index is 1.32. The van der Waals surface area contributed by atoms with Gasteiger partial charge in [-0.2, -0.15) is 4.98 Å². The second-order valence-corrected chi connectivity index (χ2v) is 5.36. The number of rotatable bonds is 6. The van der Waals surface area contributed by atoms with Crippen molar-refractivity contribution in [3.63, 3.8) is 0 Å². The Hall–Kier alpha value is -3.62. The maximum Gasteiger partial charge on any atom is 0.316 e. The Labute approximate surface area is 147 Å². The molecule has 0 saturated heterocycles. The number of hydrogen-bond acceptors (Lipinski definition) is 8. The summed E-state index contributed by atoms with van der Waals surface area (Å²) in [5.74, 6) is 1.54. The molecular weight excluding hydrogens is 340 g/mol. The van der Waals surface area contributed by atoms with Gasteiger partial charge in [-0.3, -0.25) is 9.78 Å². The minimum absolute atomic E-state index is 0.0563. The number of carbonyl (C=O) groups is 1. The predicted molar refractivity (Wildman–Crippen MR) is 86.6 cm³/mol. The summed E-state index contributed by atoms with van der Waals surface area (Å²) < 4.78 is 21.1. The maximum atomic E-state index is 12.0. The highest BCUT2D eigenvalue weighted by Crippen LogP contribution is 2.35. The number of benzene rings is 1. The second kappa shape index (κ2) is 7.09. The van der Waals surface area contributed by atoms with Gasteiger partial charge in [0.1, 0.15) is 5.75 Å². The third kappa shape index (κ3) is 3.56. The Morgan fingerprint density at radius 2 is 2.00 bits per heavy atom. The van der Waals surface area contributed by atoms with Gasteiger partial charge < -0.3 is 24.1 Å². The molecule has 3 aromatic rings. The topological polar surface area (TPSA) is 109 Å². The van der Waals surface area contributed by atoms with Crippen LogP contribution in [0.1, 0.15) is 22.1 Å². The summed E-state index contributed by atoms with van der Waals surface area (Å²) in [4.78, 5) is 20.0. The van der Waals surface area contributed by atoms with Crippen molar-refractivity contribution in [3.8, 4) is 17.2 Å². The molecule has 9 nitrogen and oxygen atoms in total. The van der Waals surface area contributed by atoms with Crippen LogP contribution in [0.2, 0.25) is 0 Å². The lowest BCUT2D eigenvalue weighted by atomic mass is 10.3. The molecule has 1 N–H and O–H groups in total. The average Bonchev–Trinajstić information content (AvgIpc) is 3.34.